The molecule has 1 fully saturated rings. The lowest BCUT2D eigenvalue weighted by Gasteiger charge is -2.34. The maximum Gasteiger partial charge on any atom is 0.264 e. The van der Waals surface area contributed by atoms with Gasteiger partial charge in [0.1, 0.15) is 12.6 Å². The van der Waals surface area contributed by atoms with Crippen molar-refractivity contribution in [2.24, 2.45) is 0 Å². The topological polar surface area (TPSA) is 86.8 Å². The molecular formula is C37H40BrN3O4S. The van der Waals surface area contributed by atoms with Crippen LogP contribution in [-0.4, -0.2) is 43.8 Å². The standard InChI is InChI=1S/C37H40BrN3O4S/c1-27-18-20-34(21-19-27)46(44,45)41(33-17-9-14-31(38)24-33)26-36(42)40(25-30-13-8-10-28(2)22-30)35(23-29-11-4-3-5-12-29)37(43)39-32-15-6-7-16-32/h3-5,8-14,17-22,24,32,35H,6-7,15-16,23,25-26H2,1-2H3,(H,39,43)/t35-/m1/s1. The zero-order chi connectivity index (χ0) is 32.7. The lowest BCUT2D eigenvalue weighted by atomic mass is 10.0. The van der Waals surface area contributed by atoms with Gasteiger partial charge in [0.25, 0.3) is 10.0 Å². The number of carbonyl (C=O) groups is 2. The predicted molar refractivity (Wildman–Crippen MR) is 186 cm³/mol. The lowest BCUT2D eigenvalue weighted by Crippen LogP contribution is -2.54. The minimum atomic E-state index is -4.15. The molecule has 1 aliphatic rings. The van der Waals surface area contributed by atoms with Crippen molar-refractivity contribution in [3.8, 4) is 0 Å². The molecule has 0 heterocycles. The maximum absolute atomic E-state index is 14.6. The van der Waals surface area contributed by atoms with Gasteiger partial charge in [-0.25, -0.2) is 8.42 Å². The molecular weight excluding hydrogens is 662 g/mol. The van der Waals surface area contributed by atoms with Crippen molar-refractivity contribution in [3.63, 3.8) is 0 Å². The molecule has 4 aromatic carbocycles. The van der Waals surface area contributed by atoms with Gasteiger partial charge in [-0.2, -0.15) is 0 Å². The highest BCUT2D eigenvalue weighted by Gasteiger charge is 2.35. The fourth-order valence-corrected chi connectivity index (χ4v) is 7.72. The van der Waals surface area contributed by atoms with E-state index < -0.39 is 28.5 Å². The first-order chi connectivity index (χ1) is 22.1. The molecule has 0 aliphatic heterocycles. The molecule has 1 atom stereocenters. The molecule has 4 aromatic rings. The zero-order valence-corrected chi connectivity index (χ0v) is 28.6. The minimum Gasteiger partial charge on any atom is -0.352 e. The van der Waals surface area contributed by atoms with Crippen LogP contribution in [-0.2, 0) is 32.6 Å². The number of aryl methyl sites for hydroxylation is 2. The molecule has 0 saturated heterocycles. The number of anilines is 1. The van der Waals surface area contributed by atoms with Crippen molar-refractivity contribution < 1.29 is 18.0 Å². The Bertz CT molecular complexity index is 1760. The van der Waals surface area contributed by atoms with Crippen molar-refractivity contribution in [2.45, 2.75) is 69.5 Å². The van der Waals surface area contributed by atoms with E-state index in [1.165, 1.54) is 0 Å². The van der Waals surface area contributed by atoms with Gasteiger partial charge in [-0.15, -0.1) is 0 Å². The summed E-state index contributed by atoms with van der Waals surface area (Å²) >= 11 is 3.46. The summed E-state index contributed by atoms with van der Waals surface area (Å²) in [6.07, 6.45) is 4.21. The molecule has 0 radical (unpaired) electrons. The number of hydrogen-bond acceptors (Lipinski definition) is 4. The molecule has 0 unspecified atom stereocenters. The fraction of sp³-hybridized carbons (Fsp3) is 0.297. The van der Waals surface area contributed by atoms with Crippen LogP contribution in [0.3, 0.4) is 0 Å². The average molecular weight is 703 g/mol. The summed E-state index contributed by atoms with van der Waals surface area (Å²) in [5, 5.41) is 3.21. The highest BCUT2D eigenvalue weighted by molar-refractivity contribution is 9.10. The molecule has 0 aromatic heterocycles. The lowest BCUT2D eigenvalue weighted by molar-refractivity contribution is -0.140. The monoisotopic (exact) mass is 701 g/mol. The van der Waals surface area contributed by atoms with Gasteiger partial charge < -0.3 is 10.2 Å². The number of amides is 2. The normalized spacial score (nSPS) is 14.1. The summed E-state index contributed by atoms with van der Waals surface area (Å²) < 4.78 is 30.2. The molecule has 5 rings (SSSR count). The Labute approximate surface area is 280 Å². The highest BCUT2D eigenvalue weighted by Crippen LogP contribution is 2.28. The Morgan fingerprint density at radius 2 is 1.50 bits per heavy atom. The second kappa shape index (κ2) is 15.1. The first-order valence-electron chi connectivity index (χ1n) is 15.6. The summed E-state index contributed by atoms with van der Waals surface area (Å²) in [5.74, 6) is -0.702. The first kappa shape index (κ1) is 33.4. The summed E-state index contributed by atoms with van der Waals surface area (Å²) in [5.41, 5.74) is 4.06. The van der Waals surface area contributed by atoms with Crippen LogP contribution in [0.15, 0.2) is 112 Å². The molecule has 9 heteroatoms. The number of halogens is 1. The van der Waals surface area contributed by atoms with Crippen LogP contribution >= 0.6 is 15.9 Å². The van der Waals surface area contributed by atoms with E-state index in [9.17, 15) is 18.0 Å². The van der Waals surface area contributed by atoms with E-state index in [2.05, 4.69) is 21.2 Å². The van der Waals surface area contributed by atoms with Crippen molar-refractivity contribution in [2.75, 3.05) is 10.8 Å². The summed E-state index contributed by atoms with van der Waals surface area (Å²) in [7, 11) is -4.15. The van der Waals surface area contributed by atoms with E-state index in [1.807, 2.05) is 68.4 Å². The van der Waals surface area contributed by atoms with Crippen molar-refractivity contribution in [1.29, 1.82) is 0 Å². The second-order valence-corrected chi connectivity index (χ2v) is 14.8. The number of benzene rings is 4. The number of nitrogens with zero attached hydrogens (tertiary/aromatic N) is 2. The third kappa shape index (κ3) is 8.44. The second-order valence-electron chi connectivity index (χ2n) is 12.0. The number of nitrogens with one attached hydrogen (secondary N) is 1. The van der Waals surface area contributed by atoms with Crippen LogP contribution < -0.4 is 9.62 Å². The molecule has 1 N–H and O–H groups in total. The van der Waals surface area contributed by atoms with Crippen LogP contribution in [0.1, 0.15) is 47.9 Å². The van der Waals surface area contributed by atoms with Gasteiger partial charge in [0.2, 0.25) is 11.8 Å². The molecule has 2 amide bonds. The van der Waals surface area contributed by atoms with Gasteiger partial charge >= 0.3 is 0 Å². The first-order valence-corrected chi connectivity index (χ1v) is 17.9. The third-order valence-electron chi connectivity index (χ3n) is 8.39. The maximum atomic E-state index is 14.6. The van der Waals surface area contributed by atoms with E-state index in [4.69, 9.17) is 0 Å². The Morgan fingerprint density at radius 3 is 2.17 bits per heavy atom. The average Bonchev–Trinajstić information content (AvgIpc) is 3.55. The number of sulfonamides is 1. The van der Waals surface area contributed by atoms with E-state index >= 15 is 0 Å². The molecule has 1 aliphatic carbocycles. The van der Waals surface area contributed by atoms with E-state index in [-0.39, 0.29) is 23.4 Å². The van der Waals surface area contributed by atoms with Gasteiger partial charge in [-0.05, 0) is 68.1 Å². The molecule has 0 bridgehead atoms. The quantitative estimate of drug-likeness (QED) is 0.173. The van der Waals surface area contributed by atoms with E-state index in [1.54, 1.807) is 53.4 Å². The van der Waals surface area contributed by atoms with Crippen LogP contribution in [0.4, 0.5) is 5.69 Å². The Morgan fingerprint density at radius 1 is 0.826 bits per heavy atom. The molecule has 240 valence electrons. The van der Waals surface area contributed by atoms with Gasteiger partial charge in [0, 0.05) is 23.5 Å². The van der Waals surface area contributed by atoms with E-state index in [0.717, 1.165) is 52.2 Å². The zero-order valence-electron chi connectivity index (χ0n) is 26.2. The highest BCUT2D eigenvalue weighted by atomic mass is 79.9. The van der Waals surface area contributed by atoms with Crippen molar-refractivity contribution >= 4 is 43.5 Å². The van der Waals surface area contributed by atoms with Crippen LogP contribution in [0.25, 0.3) is 0 Å². The number of rotatable bonds is 12. The molecule has 1 saturated carbocycles. The van der Waals surface area contributed by atoms with Crippen molar-refractivity contribution in [1.82, 2.24) is 10.2 Å². The fourth-order valence-electron chi connectivity index (χ4n) is 5.93. The molecule has 46 heavy (non-hydrogen) atoms. The van der Waals surface area contributed by atoms with Gasteiger partial charge in [-0.3, -0.25) is 13.9 Å². The summed E-state index contributed by atoms with van der Waals surface area (Å²) in [4.78, 5) is 30.4. The number of carbonyl (C=O) groups excluding carboxylic acids is 2. The largest absolute Gasteiger partial charge is 0.352 e. The Kier molecular flexibility index (Phi) is 11.0. The Balaban J connectivity index is 1.57. The van der Waals surface area contributed by atoms with Crippen LogP contribution in [0.5, 0.6) is 0 Å². The molecule has 0 spiro atoms. The van der Waals surface area contributed by atoms with Crippen LogP contribution in [0, 0.1) is 13.8 Å². The van der Waals surface area contributed by atoms with Gasteiger partial charge in [0.15, 0.2) is 0 Å². The Hall–Kier alpha value is -3.95. The third-order valence-corrected chi connectivity index (χ3v) is 10.7. The number of hydrogen-bond donors (Lipinski definition) is 1. The van der Waals surface area contributed by atoms with Gasteiger partial charge in [-0.1, -0.05) is 113 Å². The minimum absolute atomic E-state index is 0.0572. The van der Waals surface area contributed by atoms with Crippen molar-refractivity contribution in [3.05, 3.63) is 130 Å². The van der Waals surface area contributed by atoms with E-state index in [0.29, 0.717) is 16.6 Å². The summed E-state index contributed by atoms with van der Waals surface area (Å²) in [6, 6.07) is 30.1. The molecule has 7 nitrogen and oxygen atoms in total. The predicted octanol–water partition coefficient (Wildman–Crippen LogP) is 6.96. The van der Waals surface area contributed by atoms with Gasteiger partial charge in [0.05, 0.1) is 10.6 Å². The SMILES string of the molecule is Cc1ccc(S(=O)(=O)N(CC(=O)N(Cc2cccc(C)c2)[C@H](Cc2ccccc2)C(=O)NC2CCCC2)c2cccc(Br)c2)cc1. The summed E-state index contributed by atoms with van der Waals surface area (Å²) in [6.45, 7) is 3.53. The van der Waals surface area contributed by atoms with Crippen LogP contribution in [0.2, 0.25) is 0 Å². The smallest absolute Gasteiger partial charge is 0.264 e.